The van der Waals surface area contributed by atoms with E-state index >= 15 is 0 Å². The Kier molecular flexibility index (Phi) is 20.7. The van der Waals surface area contributed by atoms with Gasteiger partial charge in [0, 0.05) is 69.9 Å². The lowest BCUT2D eigenvalue weighted by atomic mass is 9.83. The number of thiazole rings is 1. The Bertz CT molecular complexity index is 2620. The van der Waals surface area contributed by atoms with Crippen molar-refractivity contribution in [1.29, 1.82) is 0 Å². The summed E-state index contributed by atoms with van der Waals surface area (Å²) >= 11 is 7.47. The van der Waals surface area contributed by atoms with Crippen molar-refractivity contribution in [2.45, 2.75) is 96.4 Å². The average molecular weight is 1090 g/mol. The Balaban J connectivity index is 0.803. The van der Waals surface area contributed by atoms with Gasteiger partial charge in [0.05, 0.1) is 51.5 Å². The summed E-state index contributed by atoms with van der Waals surface area (Å²) < 4.78 is 28.6. The number of hydrogen-bond donors (Lipinski definition) is 3. The molecule has 1 aliphatic carbocycles. The fourth-order valence-electron chi connectivity index (χ4n) is 9.42. The SMILES string of the molecule is CNc1nc(Nc2ccc(C(=O)N3CCN(CCOCCOCCOc4cccc(C(=O)c5csc([C@@H]6CCCN6C(=O)[C@@H](NC(=O)[C@H](C)N(C)C(=O)OC(C)(C)C)C6CCCCC6)n5)c4)CC3)cc2OC)ncc1Cl. The van der Waals surface area contributed by atoms with Crippen LogP contribution in [0, 0.1) is 5.92 Å². The summed E-state index contributed by atoms with van der Waals surface area (Å²) in [6, 6.07) is 10.3. The van der Waals surface area contributed by atoms with Crippen molar-refractivity contribution in [3.63, 3.8) is 0 Å². The fraction of sp³-hybridized carbons (Fsp3) is 0.556. The van der Waals surface area contributed by atoms with E-state index < -0.39 is 29.7 Å². The number of hydrogen-bond acceptors (Lipinski definition) is 17. The van der Waals surface area contributed by atoms with Gasteiger partial charge in [-0.15, -0.1) is 11.3 Å². The molecule has 0 spiro atoms. The number of rotatable bonds is 23. The highest BCUT2D eigenvalue weighted by Gasteiger charge is 2.41. The first-order valence-corrected chi connectivity index (χ1v) is 27.4. The molecule has 3 fully saturated rings. The van der Waals surface area contributed by atoms with Crippen LogP contribution in [-0.2, 0) is 23.8 Å². The summed E-state index contributed by atoms with van der Waals surface area (Å²) in [7, 11) is 4.79. The average Bonchev–Trinajstić information content (AvgIpc) is 4.13. The molecule has 22 heteroatoms. The zero-order chi connectivity index (χ0) is 54.4. The van der Waals surface area contributed by atoms with E-state index in [2.05, 4.69) is 30.8 Å². The Morgan fingerprint density at radius 3 is 2.34 bits per heavy atom. The number of amides is 4. The molecule has 0 bridgehead atoms. The van der Waals surface area contributed by atoms with Crippen molar-refractivity contribution in [1.82, 2.24) is 39.9 Å². The second-order valence-electron chi connectivity index (χ2n) is 20.2. The molecule has 7 rings (SSSR count). The summed E-state index contributed by atoms with van der Waals surface area (Å²) in [5.74, 6) is 0.891. The highest BCUT2D eigenvalue weighted by molar-refractivity contribution is 7.10. The largest absolute Gasteiger partial charge is 0.495 e. The molecule has 3 aliphatic rings. The maximum absolute atomic E-state index is 14.5. The molecule has 3 N–H and O–H groups in total. The number of halogens is 1. The van der Waals surface area contributed by atoms with Crippen LogP contribution in [-0.4, -0.2) is 175 Å². The number of nitrogens with zero attached hydrogens (tertiary/aromatic N) is 7. The third kappa shape index (κ3) is 15.5. The normalized spacial score (nSPS) is 17.1. The van der Waals surface area contributed by atoms with Crippen molar-refractivity contribution in [2.75, 3.05) is 104 Å². The summed E-state index contributed by atoms with van der Waals surface area (Å²) in [5.41, 5.74) is 1.13. The Hall–Kier alpha value is -6.13. The number of anilines is 3. The number of nitrogens with one attached hydrogen (secondary N) is 3. The van der Waals surface area contributed by atoms with Gasteiger partial charge >= 0.3 is 6.09 Å². The minimum absolute atomic E-state index is 0.0362. The van der Waals surface area contributed by atoms with E-state index in [-0.39, 0.29) is 41.9 Å². The molecule has 0 radical (unpaired) electrons. The van der Waals surface area contributed by atoms with Gasteiger partial charge in [-0.05, 0) is 89.6 Å². The number of ketones is 1. The van der Waals surface area contributed by atoms with Crippen molar-refractivity contribution in [2.24, 2.45) is 5.92 Å². The minimum Gasteiger partial charge on any atom is -0.495 e. The van der Waals surface area contributed by atoms with Gasteiger partial charge in [-0.1, -0.05) is 43.0 Å². The Morgan fingerprint density at radius 1 is 0.882 bits per heavy atom. The third-order valence-electron chi connectivity index (χ3n) is 13.8. The number of likely N-dealkylation sites (N-methyl/N-ethyl adjacent to an activating group) is 1. The molecule has 1 saturated carbocycles. The standard InChI is InChI=1S/C54H73ClN10O10S/c1-35(62(6)53(70)75-54(2,3)4)48(67)60-45(36-13-9-8-10-14-36)51(69)65-20-12-17-43(65)49-58-42(34-76-49)46(66)37-15-11-16-39(31-37)74-30-29-73-28-27-72-26-25-63-21-23-64(24-22-63)50(68)38-18-19-41(44(32-38)71-7)59-52-57-33-40(55)47(56-5)61-52/h11,15-16,18-19,31-36,43,45H,8-10,12-14,17,20-30H2,1-7H3,(H,60,67)(H2,56,57,59,61)/t35-,43-,45-/m0/s1. The minimum atomic E-state index is -0.863. The van der Waals surface area contributed by atoms with Gasteiger partial charge in [0.1, 0.15) is 57.3 Å². The fourth-order valence-corrected chi connectivity index (χ4v) is 10.5. The van der Waals surface area contributed by atoms with E-state index in [1.807, 2.05) is 9.80 Å². The first-order chi connectivity index (χ1) is 36.5. The number of ether oxygens (including phenoxy) is 5. The number of piperazine rings is 1. The first-order valence-electron chi connectivity index (χ1n) is 26.2. The Labute approximate surface area is 454 Å². The highest BCUT2D eigenvalue weighted by atomic mass is 35.5. The van der Waals surface area contributed by atoms with Crippen LogP contribution < -0.4 is 25.4 Å². The topological polar surface area (TPSA) is 219 Å². The molecular weight excluding hydrogens is 1020 g/mol. The van der Waals surface area contributed by atoms with Gasteiger partial charge in [0.25, 0.3) is 5.91 Å². The number of benzene rings is 2. The number of likely N-dealkylation sites (tertiary alicyclic amines) is 1. The zero-order valence-corrected chi connectivity index (χ0v) is 46.3. The lowest BCUT2D eigenvalue weighted by Crippen LogP contribution is -2.56. The van der Waals surface area contributed by atoms with E-state index in [4.69, 9.17) is 40.3 Å². The highest BCUT2D eigenvalue weighted by Crippen LogP contribution is 2.37. The second kappa shape index (κ2) is 27.3. The van der Waals surface area contributed by atoms with Gasteiger partial charge in [-0.3, -0.25) is 29.0 Å². The van der Waals surface area contributed by atoms with Gasteiger partial charge in [-0.2, -0.15) is 4.98 Å². The van der Waals surface area contributed by atoms with Crippen LogP contribution in [0.15, 0.2) is 54.0 Å². The maximum atomic E-state index is 14.5. The van der Waals surface area contributed by atoms with Gasteiger partial charge in [0.15, 0.2) is 0 Å². The molecule has 412 valence electrons. The zero-order valence-electron chi connectivity index (χ0n) is 44.7. The van der Waals surface area contributed by atoms with E-state index in [0.29, 0.717) is 103 Å². The number of aromatic nitrogens is 3. The maximum Gasteiger partial charge on any atom is 0.410 e. The van der Waals surface area contributed by atoms with Gasteiger partial charge in [0.2, 0.25) is 23.5 Å². The molecule has 0 unspecified atom stereocenters. The second-order valence-corrected chi connectivity index (χ2v) is 21.5. The molecule has 4 heterocycles. The predicted molar refractivity (Wildman–Crippen MR) is 290 cm³/mol. The van der Waals surface area contributed by atoms with Crippen molar-refractivity contribution < 1.29 is 47.7 Å². The quantitative estimate of drug-likeness (QED) is 0.0485. The number of carbonyl (C=O) groups is 5. The molecule has 2 saturated heterocycles. The monoisotopic (exact) mass is 1090 g/mol. The van der Waals surface area contributed by atoms with E-state index in [0.717, 1.165) is 58.2 Å². The Morgan fingerprint density at radius 2 is 1.62 bits per heavy atom. The summed E-state index contributed by atoms with van der Waals surface area (Å²) in [4.78, 5) is 88.7. The van der Waals surface area contributed by atoms with Crippen LogP contribution in [0.1, 0.15) is 110 Å². The van der Waals surface area contributed by atoms with Crippen LogP contribution in [0.5, 0.6) is 11.5 Å². The van der Waals surface area contributed by atoms with Crippen LogP contribution in [0.3, 0.4) is 0 Å². The molecule has 2 aliphatic heterocycles. The van der Waals surface area contributed by atoms with Crippen molar-refractivity contribution in [3.8, 4) is 11.5 Å². The molecule has 2 aromatic carbocycles. The van der Waals surface area contributed by atoms with Crippen LogP contribution in [0.4, 0.5) is 22.2 Å². The third-order valence-corrected chi connectivity index (χ3v) is 15.0. The molecular formula is C54H73ClN10O10S. The summed E-state index contributed by atoms with van der Waals surface area (Å²) in [5, 5.41) is 11.9. The van der Waals surface area contributed by atoms with Crippen molar-refractivity contribution >= 4 is 70.0 Å². The first kappa shape index (κ1) is 57.6. The lowest BCUT2D eigenvalue weighted by molar-refractivity contribution is -0.140. The molecule has 20 nitrogen and oxygen atoms in total. The number of carbonyl (C=O) groups excluding carboxylic acids is 5. The predicted octanol–water partition coefficient (Wildman–Crippen LogP) is 7.47. The molecule has 2 aromatic heterocycles. The summed E-state index contributed by atoms with van der Waals surface area (Å²) in [6.45, 7) is 12.8. The van der Waals surface area contributed by atoms with Gasteiger partial charge < -0.3 is 49.4 Å². The lowest BCUT2D eigenvalue weighted by Gasteiger charge is -2.36. The molecule has 4 aromatic rings. The molecule has 3 atom stereocenters. The smallest absolute Gasteiger partial charge is 0.410 e. The van der Waals surface area contributed by atoms with Crippen LogP contribution in [0.25, 0.3) is 0 Å². The number of methoxy groups -OCH3 is 1. The van der Waals surface area contributed by atoms with Gasteiger partial charge in [-0.25, -0.2) is 14.8 Å². The van der Waals surface area contributed by atoms with Crippen LogP contribution in [0.2, 0.25) is 5.02 Å². The van der Waals surface area contributed by atoms with E-state index in [1.54, 1.807) is 89.7 Å². The van der Waals surface area contributed by atoms with E-state index in [1.165, 1.54) is 29.5 Å². The summed E-state index contributed by atoms with van der Waals surface area (Å²) in [6.07, 6.45) is 7.00. The van der Waals surface area contributed by atoms with E-state index in [9.17, 15) is 24.0 Å². The van der Waals surface area contributed by atoms with Crippen LogP contribution >= 0.6 is 22.9 Å². The molecule has 4 amide bonds. The molecule has 76 heavy (non-hydrogen) atoms. The van der Waals surface area contributed by atoms with Crippen molar-refractivity contribution in [3.05, 3.63) is 80.9 Å².